The van der Waals surface area contributed by atoms with Crippen LogP contribution in [0.2, 0.25) is 0 Å². The van der Waals surface area contributed by atoms with Crippen LogP contribution in [0.5, 0.6) is 0 Å². The minimum atomic E-state index is -3.50. The van der Waals surface area contributed by atoms with Crippen LogP contribution in [0.1, 0.15) is 0 Å². The van der Waals surface area contributed by atoms with E-state index >= 15 is 0 Å². The predicted molar refractivity (Wildman–Crippen MR) is 51.2 cm³/mol. The molecule has 0 amide bonds. The number of nitrogens with one attached hydrogen (secondary N) is 2. The number of amidine groups is 1. The van der Waals surface area contributed by atoms with Gasteiger partial charge in [0.1, 0.15) is 5.84 Å². The van der Waals surface area contributed by atoms with Gasteiger partial charge in [0.15, 0.2) is 0 Å². The zero-order chi connectivity index (χ0) is 10.6. The molecule has 0 radical (unpaired) electrons. The molecule has 0 aromatic carbocycles. The highest BCUT2D eigenvalue weighted by Crippen LogP contribution is 2.01. The largest absolute Gasteiger partial charge is 0.387 e. The molecule has 7 nitrogen and oxygen atoms in total. The summed E-state index contributed by atoms with van der Waals surface area (Å²) >= 11 is 0. The molecule has 1 saturated heterocycles. The fourth-order valence-corrected chi connectivity index (χ4v) is 2.20. The Morgan fingerprint density at radius 2 is 2.07 bits per heavy atom. The third kappa shape index (κ3) is 3.22. The molecule has 0 saturated carbocycles. The molecule has 1 rings (SSSR count). The lowest BCUT2D eigenvalue weighted by Crippen LogP contribution is -2.48. The Morgan fingerprint density at radius 1 is 1.50 bits per heavy atom. The van der Waals surface area contributed by atoms with E-state index in [1.165, 1.54) is 4.31 Å². The molecule has 0 aromatic heterocycles. The normalized spacial score (nSPS) is 19.4. The highest BCUT2D eigenvalue weighted by Gasteiger charge is 2.23. The third-order valence-corrected chi connectivity index (χ3v) is 3.31. The Balaban J connectivity index is 2.50. The van der Waals surface area contributed by atoms with Gasteiger partial charge in [-0.25, -0.2) is 0 Å². The molecule has 0 unspecified atom stereocenters. The standard InChI is InChI=1S/C6H14N4O3S/c7-6(8)5-9-14(11,12)10-1-3-13-4-2-10/h9H,1-5H2,(H3,7,8). The maximum Gasteiger partial charge on any atom is 0.280 e. The number of morpholine rings is 1. The lowest BCUT2D eigenvalue weighted by Gasteiger charge is -2.25. The predicted octanol–water partition coefficient (Wildman–Crippen LogP) is -1.91. The van der Waals surface area contributed by atoms with Crippen molar-refractivity contribution in [1.29, 1.82) is 5.41 Å². The number of rotatable bonds is 4. The Morgan fingerprint density at radius 3 is 2.57 bits per heavy atom. The summed E-state index contributed by atoms with van der Waals surface area (Å²) in [7, 11) is -3.50. The second-order valence-corrected chi connectivity index (χ2v) is 4.62. The maximum absolute atomic E-state index is 11.5. The Bertz CT molecular complexity index is 296. The summed E-state index contributed by atoms with van der Waals surface area (Å²) in [6.07, 6.45) is 0. The smallest absolute Gasteiger partial charge is 0.280 e. The van der Waals surface area contributed by atoms with Crippen LogP contribution in [-0.4, -0.2) is 51.4 Å². The van der Waals surface area contributed by atoms with Gasteiger partial charge >= 0.3 is 0 Å². The Hall–Kier alpha value is -0.700. The Labute approximate surface area is 82.9 Å². The number of ether oxygens (including phenoxy) is 1. The van der Waals surface area contributed by atoms with E-state index in [1.54, 1.807) is 0 Å². The number of nitrogens with zero attached hydrogens (tertiary/aromatic N) is 1. The molecule has 14 heavy (non-hydrogen) atoms. The second-order valence-electron chi connectivity index (χ2n) is 2.86. The molecule has 1 aliphatic heterocycles. The van der Waals surface area contributed by atoms with Crippen LogP contribution in [0.3, 0.4) is 0 Å². The van der Waals surface area contributed by atoms with Crippen molar-refractivity contribution in [2.45, 2.75) is 0 Å². The molecule has 0 aromatic rings. The van der Waals surface area contributed by atoms with Crippen LogP contribution in [0, 0.1) is 5.41 Å². The van der Waals surface area contributed by atoms with Gasteiger partial charge in [-0.2, -0.15) is 17.4 Å². The van der Waals surface area contributed by atoms with Crippen molar-refractivity contribution in [2.75, 3.05) is 32.8 Å². The van der Waals surface area contributed by atoms with E-state index in [0.29, 0.717) is 26.3 Å². The fourth-order valence-electron chi connectivity index (χ4n) is 1.05. The zero-order valence-corrected chi connectivity index (χ0v) is 8.51. The minimum Gasteiger partial charge on any atom is -0.387 e. The first kappa shape index (κ1) is 11.4. The second kappa shape index (κ2) is 4.69. The van der Waals surface area contributed by atoms with Gasteiger partial charge in [0.2, 0.25) is 0 Å². The molecule has 8 heteroatoms. The van der Waals surface area contributed by atoms with Crippen molar-refractivity contribution < 1.29 is 13.2 Å². The van der Waals surface area contributed by atoms with Crippen molar-refractivity contribution in [3.8, 4) is 0 Å². The summed E-state index contributed by atoms with van der Waals surface area (Å²) < 4.78 is 31.5. The zero-order valence-electron chi connectivity index (χ0n) is 7.69. The fraction of sp³-hybridized carbons (Fsp3) is 0.833. The highest BCUT2D eigenvalue weighted by molar-refractivity contribution is 7.87. The number of nitrogens with two attached hydrogens (primary N) is 1. The first-order valence-corrected chi connectivity index (χ1v) is 5.62. The van der Waals surface area contributed by atoms with Crippen LogP contribution in [-0.2, 0) is 14.9 Å². The van der Waals surface area contributed by atoms with Crippen LogP contribution in [0.15, 0.2) is 0 Å². The molecule has 4 N–H and O–H groups in total. The number of hydrogen-bond donors (Lipinski definition) is 3. The summed E-state index contributed by atoms with van der Waals surface area (Å²) in [5, 5.41) is 6.90. The van der Waals surface area contributed by atoms with Crippen LogP contribution >= 0.6 is 0 Å². The molecular weight excluding hydrogens is 208 g/mol. The van der Waals surface area contributed by atoms with Gasteiger partial charge in [-0.05, 0) is 0 Å². The van der Waals surface area contributed by atoms with Gasteiger partial charge in [0, 0.05) is 13.1 Å². The van der Waals surface area contributed by atoms with Gasteiger partial charge in [-0.3, -0.25) is 5.41 Å². The number of hydrogen-bond acceptors (Lipinski definition) is 4. The average molecular weight is 222 g/mol. The van der Waals surface area contributed by atoms with E-state index in [9.17, 15) is 8.42 Å². The van der Waals surface area contributed by atoms with Gasteiger partial charge < -0.3 is 10.5 Å². The van der Waals surface area contributed by atoms with Gasteiger partial charge in [0.25, 0.3) is 10.2 Å². The summed E-state index contributed by atoms with van der Waals surface area (Å²) in [6, 6.07) is 0. The molecule has 0 bridgehead atoms. The van der Waals surface area contributed by atoms with E-state index in [0.717, 1.165) is 0 Å². The minimum absolute atomic E-state index is 0.153. The highest BCUT2D eigenvalue weighted by atomic mass is 32.2. The van der Waals surface area contributed by atoms with E-state index in [2.05, 4.69) is 4.72 Å². The SMILES string of the molecule is N=C(N)CNS(=O)(=O)N1CCOCC1. The molecule has 1 heterocycles. The molecule has 1 aliphatic rings. The van der Waals surface area contributed by atoms with Crippen LogP contribution in [0.25, 0.3) is 0 Å². The van der Waals surface area contributed by atoms with Crippen molar-refractivity contribution in [3.63, 3.8) is 0 Å². The third-order valence-electron chi connectivity index (χ3n) is 1.75. The topological polar surface area (TPSA) is 109 Å². The van der Waals surface area contributed by atoms with E-state index < -0.39 is 10.2 Å². The Kier molecular flexibility index (Phi) is 3.81. The first-order chi connectivity index (χ1) is 6.52. The quantitative estimate of drug-likeness (QED) is 0.381. The van der Waals surface area contributed by atoms with Crippen molar-refractivity contribution in [3.05, 3.63) is 0 Å². The van der Waals surface area contributed by atoms with Crippen LogP contribution < -0.4 is 10.5 Å². The molecule has 0 spiro atoms. The molecule has 0 atom stereocenters. The molecular formula is C6H14N4O3S. The summed E-state index contributed by atoms with van der Waals surface area (Å²) in [5.74, 6) is -0.207. The van der Waals surface area contributed by atoms with E-state index in [4.69, 9.17) is 15.9 Å². The summed E-state index contributed by atoms with van der Waals surface area (Å²) in [4.78, 5) is 0. The monoisotopic (exact) mass is 222 g/mol. The lowest BCUT2D eigenvalue weighted by molar-refractivity contribution is 0.0725. The van der Waals surface area contributed by atoms with Crippen LogP contribution in [0.4, 0.5) is 0 Å². The molecule has 0 aliphatic carbocycles. The van der Waals surface area contributed by atoms with Gasteiger partial charge in [-0.15, -0.1) is 0 Å². The van der Waals surface area contributed by atoms with Crippen molar-refractivity contribution in [2.24, 2.45) is 5.73 Å². The average Bonchev–Trinajstić information content (AvgIpc) is 2.16. The molecule has 1 fully saturated rings. The molecule has 82 valence electrons. The summed E-state index contributed by atoms with van der Waals surface area (Å²) in [6.45, 7) is 1.34. The van der Waals surface area contributed by atoms with Crippen molar-refractivity contribution >= 4 is 16.0 Å². The first-order valence-electron chi connectivity index (χ1n) is 4.18. The van der Waals surface area contributed by atoms with E-state index in [1.807, 2.05) is 0 Å². The van der Waals surface area contributed by atoms with Crippen molar-refractivity contribution in [1.82, 2.24) is 9.03 Å². The summed E-state index contributed by atoms with van der Waals surface area (Å²) in [5.41, 5.74) is 5.04. The van der Waals surface area contributed by atoms with Gasteiger partial charge in [-0.1, -0.05) is 0 Å². The lowest BCUT2D eigenvalue weighted by atomic mass is 10.5. The van der Waals surface area contributed by atoms with Gasteiger partial charge in [0.05, 0.1) is 19.8 Å². The van der Waals surface area contributed by atoms with E-state index in [-0.39, 0.29) is 12.4 Å². The maximum atomic E-state index is 11.5.